The topological polar surface area (TPSA) is 77.8 Å². The highest BCUT2D eigenvalue weighted by Gasteiger charge is 2.11. The van der Waals surface area contributed by atoms with Crippen LogP contribution in [0.1, 0.15) is 26.5 Å². The molecule has 1 N–H and O–H groups in total. The van der Waals surface area contributed by atoms with Gasteiger partial charge in [-0.1, -0.05) is 18.3 Å². The molecule has 0 saturated carbocycles. The first kappa shape index (κ1) is 17.2. The van der Waals surface area contributed by atoms with E-state index in [4.69, 9.17) is 9.47 Å². The number of rotatable bonds is 6. The van der Waals surface area contributed by atoms with Gasteiger partial charge >= 0.3 is 0 Å². The fourth-order valence-electron chi connectivity index (χ4n) is 2.31. The van der Waals surface area contributed by atoms with E-state index in [-0.39, 0.29) is 11.7 Å². The molecule has 7 nitrogen and oxygen atoms in total. The molecule has 1 aromatic carbocycles. The summed E-state index contributed by atoms with van der Waals surface area (Å²) in [5.74, 6) is 1.31. The second kappa shape index (κ2) is 7.10. The normalized spacial score (nSPS) is 11.1. The quantitative estimate of drug-likeness (QED) is 0.727. The molecule has 0 saturated heterocycles. The van der Waals surface area contributed by atoms with Gasteiger partial charge in [-0.15, -0.1) is 5.10 Å². The molecule has 8 heteroatoms. The summed E-state index contributed by atoms with van der Waals surface area (Å²) < 4.78 is 12.4. The Kier molecular flexibility index (Phi) is 4.89. The maximum Gasteiger partial charge on any atom is 0.275 e. The number of benzene rings is 1. The van der Waals surface area contributed by atoms with Gasteiger partial charge in [0.1, 0.15) is 0 Å². The minimum absolute atomic E-state index is 0.0580. The molecule has 0 unspecified atom stereocenters. The number of aryl methyl sites for hydroxylation is 1. The van der Waals surface area contributed by atoms with Crippen LogP contribution in [0.4, 0.5) is 10.8 Å². The molecule has 25 heavy (non-hydrogen) atoms. The molecule has 0 aliphatic heterocycles. The molecule has 3 rings (SSSR count). The lowest BCUT2D eigenvalue weighted by molar-refractivity contribution is 0.230. The third-order valence-electron chi connectivity index (χ3n) is 3.44. The Bertz CT molecular complexity index is 949. The van der Waals surface area contributed by atoms with Crippen LogP contribution in [0.3, 0.4) is 0 Å². The highest BCUT2D eigenvalue weighted by Crippen LogP contribution is 2.32. The average Bonchev–Trinajstić information content (AvgIpc) is 2.98. The third-order valence-corrected chi connectivity index (χ3v) is 4.26. The zero-order valence-electron chi connectivity index (χ0n) is 14.6. The monoisotopic (exact) mass is 360 g/mol. The van der Waals surface area contributed by atoms with Gasteiger partial charge in [0.05, 0.1) is 13.2 Å². The number of methoxy groups -OCH3 is 1. The predicted octanol–water partition coefficient (Wildman–Crippen LogP) is 3.25. The molecule has 0 atom stereocenters. The Balaban J connectivity index is 1.90. The number of nitrogens with one attached hydrogen (secondary N) is 1. The number of nitrogens with zero attached hydrogens (tertiary/aromatic N) is 3. The van der Waals surface area contributed by atoms with Crippen LogP contribution in [0.25, 0.3) is 4.96 Å². The molecule has 0 aliphatic carbocycles. The first-order valence-electron chi connectivity index (χ1n) is 8.01. The fourth-order valence-corrected chi connectivity index (χ4v) is 3.15. The van der Waals surface area contributed by atoms with E-state index < -0.39 is 0 Å². The van der Waals surface area contributed by atoms with Crippen molar-refractivity contribution in [1.29, 1.82) is 0 Å². The van der Waals surface area contributed by atoms with Crippen LogP contribution in [0.15, 0.2) is 29.1 Å². The minimum Gasteiger partial charge on any atom is -0.493 e. The average molecular weight is 360 g/mol. The van der Waals surface area contributed by atoms with E-state index in [0.29, 0.717) is 28.0 Å². The van der Waals surface area contributed by atoms with Gasteiger partial charge in [-0.05, 0) is 32.4 Å². The molecule has 0 aliphatic rings. The highest BCUT2D eigenvalue weighted by atomic mass is 32.1. The summed E-state index contributed by atoms with van der Waals surface area (Å²) in [5, 5.41) is 8.05. The molecule has 2 heterocycles. The second-order valence-electron chi connectivity index (χ2n) is 5.70. The highest BCUT2D eigenvalue weighted by molar-refractivity contribution is 7.20. The maximum atomic E-state index is 12.1. The zero-order chi connectivity index (χ0) is 18.0. The Hall–Kier alpha value is -2.61. The lowest BCUT2D eigenvalue weighted by atomic mass is 10.2. The summed E-state index contributed by atoms with van der Waals surface area (Å²) in [6.07, 6.45) is 0.767. The van der Waals surface area contributed by atoms with Crippen molar-refractivity contribution < 1.29 is 9.47 Å². The largest absolute Gasteiger partial charge is 0.493 e. The van der Waals surface area contributed by atoms with Gasteiger partial charge in [0.15, 0.2) is 11.5 Å². The second-order valence-corrected chi connectivity index (χ2v) is 6.65. The Labute approximate surface area is 149 Å². The molecule has 132 valence electrons. The Morgan fingerprint density at radius 2 is 2.08 bits per heavy atom. The van der Waals surface area contributed by atoms with Crippen molar-refractivity contribution in [2.75, 3.05) is 12.4 Å². The zero-order valence-corrected chi connectivity index (χ0v) is 15.4. The van der Waals surface area contributed by atoms with Crippen molar-refractivity contribution in [2.45, 2.75) is 33.3 Å². The number of hydrogen-bond acceptors (Lipinski definition) is 7. The smallest absolute Gasteiger partial charge is 0.275 e. The first-order valence-corrected chi connectivity index (χ1v) is 8.83. The molecule has 0 radical (unpaired) electrons. The van der Waals surface area contributed by atoms with Crippen molar-refractivity contribution in [2.24, 2.45) is 0 Å². The first-order chi connectivity index (χ1) is 12.0. The number of fused-ring (bicyclic) bond motifs is 1. The lowest BCUT2D eigenvalue weighted by Gasteiger charge is -2.14. The van der Waals surface area contributed by atoms with Gasteiger partial charge in [-0.3, -0.25) is 4.79 Å². The molecule has 0 bridgehead atoms. The predicted molar refractivity (Wildman–Crippen MR) is 98.6 cm³/mol. The van der Waals surface area contributed by atoms with Crippen LogP contribution >= 0.6 is 11.3 Å². The minimum atomic E-state index is -0.176. The molecular formula is C17H20N4O3S. The van der Waals surface area contributed by atoms with Gasteiger partial charge in [0.2, 0.25) is 10.1 Å². The summed E-state index contributed by atoms with van der Waals surface area (Å²) in [7, 11) is 1.60. The van der Waals surface area contributed by atoms with E-state index in [1.54, 1.807) is 7.11 Å². The van der Waals surface area contributed by atoms with Crippen LogP contribution in [0.5, 0.6) is 11.5 Å². The SMILES string of the molecule is CCc1cc(=O)n2nc(Nc3ccc(OC(C)C)c(OC)c3)sc2n1. The van der Waals surface area contributed by atoms with Crippen molar-refractivity contribution >= 4 is 27.1 Å². The van der Waals surface area contributed by atoms with Gasteiger partial charge in [0.25, 0.3) is 5.56 Å². The van der Waals surface area contributed by atoms with Crippen LogP contribution in [-0.4, -0.2) is 27.8 Å². The van der Waals surface area contributed by atoms with Gasteiger partial charge < -0.3 is 14.8 Å². The third kappa shape index (κ3) is 3.74. The Morgan fingerprint density at radius 1 is 1.28 bits per heavy atom. The molecule has 0 amide bonds. The number of aromatic nitrogens is 3. The van der Waals surface area contributed by atoms with Crippen LogP contribution < -0.4 is 20.3 Å². The summed E-state index contributed by atoms with van der Waals surface area (Å²) in [5.41, 5.74) is 1.37. The number of anilines is 2. The van der Waals surface area contributed by atoms with Crippen LogP contribution in [-0.2, 0) is 6.42 Å². The van der Waals surface area contributed by atoms with Crippen LogP contribution in [0, 0.1) is 0 Å². The maximum absolute atomic E-state index is 12.1. The van der Waals surface area contributed by atoms with E-state index in [2.05, 4.69) is 15.4 Å². The summed E-state index contributed by atoms with van der Waals surface area (Å²) >= 11 is 1.32. The van der Waals surface area contributed by atoms with Crippen molar-refractivity contribution in [3.8, 4) is 11.5 Å². The molecular weight excluding hydrogens is 340 g/mol. The fraction of sp³-hybridized carbons (Fsp3) is 0.353. The van der Waals surface area contributed by atoms with Crippen molar-refractivity contribution in [1.82, 2.24) is 14.6 Å². The summed E-state index contributed by atoms with van der Waals surface area (Å²) in [6, 6.07) is 7.06. The Morgan fingerprint density at radius 3 is 2.76 bits per heavy atom. The van der Waals surface area contributed by atoms with E-state index in [0.717, 1.165) is 11.4 Å². The molecule has 0 fully saturated rings. The van der Waals surface area contributed by atoms with Gasteiger partial charge in [-0.25, -0.2) is 4.98 Å². The van der Waals surface area contributed by atoms with E-state index in [9.17, 15) is 4.79 Å². The van der Waals surface area contributed by atoms with Crippen LogP contribution in [0.2, 0.25) is 0 Å². The van der Waals surface area contributed by atoms with Gasteiger partial charge in [-0.2, -0.15) is 4.52 Å². The van der Waals surface area contributed by atoms with E-state index in [1.807, 2.05) is 39.0 Å². The van der Waals surface area contributed by atoms with Crippen molar-refractivity contribution in [3.63, 3.8) is 0 Å². The van der Waals surface area contributed by atoms with Gasteiger partial charge in [0, 0.05) is 23.5 Å². The summed E-state index contributed by atoms with van der Waals surface area (Å²) in [6.45, 7) is 5.88. The number of hydrogen-bond donors (Lipinski definition) is 1. The lowest BCUT2D eigenvalue weighted by Crippen LogP contribution is -2.15. The standard InChI is InChI=1S/C17H20N4O3S/c1-5-11-9-15(22)21-17(19-11)25-16(20-21)18-12-6-7-13(24-10(2)3)14(8-12)23-4/h6-10H,5H2,1-4H3,(H,18,20). The number of ether oxygens (including phenoxy) is 2. The van der Waals surface area contributed by atoms with E-state index in [1.165, 1.54) is 21.9 Å². The molecule has 3 aromatic rings. The molecule has 2 aromatic heterocycles. The van der Waals surface area contributed by atoms with Crippen molar-refractivity contribution in [3.05, 3.63) is 40.3 Å². The summed E-state index contributed by atoms with van der Waals surface area (Å²) in [4.78, 5) is 17.1. The van der Waals surface area contributed by atoms with E-state index >= 15 is 0 Å². The molecule has 0 spiro atoms.